The Hall–Kier alpha value is -2.50. The minimum Gasteiger partial charge on any atom is -0.486 e. The van der Waals surface area contributed by atoms with Gasteiger partial charge in [-0.05, 0) is 30.7 Å². The topological polar surface area (TPSA) is 56.6 Å². The lowest BCUT2D eigenvalue weighted by atomic mass is 10.1. The molecule has 6 heteroatoms. The first-order valence-electron chi connectivity index (χ1n) is 7.28. The van der Waals surface area contributed by atoms with Crippen molar-refractivity contribution in [3.05, 3.63) is 42.2 Å². The summed E-state index contributed by atoms with van der Waals surface area (Å²) < 4.78 is 12.7. The fourth-order valence-electron chi connectivity index (χ4n) is 2.48. The smallest absolute Gasteiger partial charge is 0.247 e. The predicted octanol–water partition coefficient (Wildman–Crippen LogP) is 1.87. The second-order valence-corrected chi connectivity index (χ2v) is 5.33. The predicted molar refractivity (Wildman–Crippen MR) is 80.8 cm³/mol. The first-order valence-corrected chi connectivity index (χ1v) is 7.28. The van der Waals surface area contributed by atoms with Gasteiger partial charge >= 0.3 is 0 Å². The summed E-state index contributed by atoms with van der Waals surface area (Å²) in [7, 11) is 1.79. The van der Waals surface area contributed by atoms with Crippen LogP contribution in [0.5, 0.6) is 11.5 Å². The Kier molecular flexibility index (Phi) is 4.00. The number of likely N-dealkylation sites (N-methyl/N-ethyl adjacent to an activating group) is 1. The molecule has 1 aliphatic heterocycles. The highest BCUT2D eigenvalue weighted by atomic mass is 16.6. The summed E-state index contributed by atoms with van der Waals surface area (Å²) in [4.78, 5) is 14.1. The lowest BCUT2D eigenvalue weighted by molar-refractivity contribution is -0.133. The third-order valence-electron chi connectivity index (χ3n) is 3.68. The van der Waals surface area contributed by atoms with Crippen molar-refractivity contribution in [2.75, 3.05) is 20.3 Å². The van der Waals surface area contributed by atoms with Gasteiger partial charge in [0.2, 0.25) is 5.91 Å². The number of carbonyl (C=O) groups is 1. The van der Waals surface area contributed by atoms with E-state index >= 15 is 0 Å². The molecular weight excluding hydrogens is 282 g/mol. The first-order chi connectivity index (χ1) is 10.6. The molecule has 0 unspecified atom stereocenters. The molecule has 0 aliphatic carbocycles. The Morgan fingerprint density at radius 3 is 2.86 bits per heavy atom. The van der Waals surface area contributed by atoms with Gasteiger partial charge in [-0.15, -0.1) is 0 Å². The number of fused-ring (bicyclic) bond motifs is 1. The standard InChI is InChI=1S/C16H19N3O3/c1-12(19-7-3-6-17-19)16(20)18(2)11-13-4-5-14-15(10-13)22-9-8-21-14/h3-7,10,12H,8-9,11H2,1-2H3/t12-/m1/s1. The molecule has 6 nitrogen and oxygen atoms in total. The number of hydrogen-bond donors (Lipinski definition) is 0. The lowest BCUT2D eigenvalue weighted by Gasteiger charge is -2.23. The van der Waals surface area contributed by atoms with Gasteiger partial charge in [0.25, 0.3) is 0 Å². The summed E-state index contributed by atoms with van der Waals surface area (Å²) in [6.45, 7) is 3.49. The summed E-state index contributed by atoms with van der Waals surface area (Å²) in [6, 6.07) is 7.26. The van der Waals surface area contributed by atoms with Crippen molar-refractivity contribution in [1.82, 2.24) is 14.7 Å². The maximum atomic E-state index is 12.4. The van der Waals surface area contributed by atoms with Crippen LogP contribution in [-0.4, -0.2) is 40.8 Å². The average Bonchev–Trinajstić information content (AvgIpc) is 3.07. The first kappa shape index (κ1) is 14.4. The van der Waals surface area contributed by atoms with Crippen LogP contribution in [0.3, 0.4) is 0 Å². The number of aromatic nitrogens is 2. The number of ether oxygens (including phenoxy) is 2. The van der Waals surface area contributed by atoms with E-state index in [1.54, 1.807) is 29.0 Å². The summed E-state index contributed by atoms with van der Waals surface area (Å²) in [5, 5.41) is 4.12. The molecule has 0 bridgehead atoms. The van der Waals surface area contributed by atoms with E-state index in [9.17, 15) is 4.79 Å². The molecule has 2 heterocycles. The van der Waals surface area contributed by atoms with Crippen molar-refractivity contribution < 1.29 is 14.3 Å². The van der Waals surface area contributed by atoms with Crippen molar-refractivity contribution >= 4 is 5.91 Å². The van der Waals surface area contributed by atoms with E-state index in [0.29, 0.717) is 19.8 Å². The van der Waals surface area contributed by atoms with Gasteiger partial charge in [0, 0.05) is 26.0 Å². The largest absolute Gasteiger partial charge is 0.486 e. The molecule has 2 aromatic rings. The van der Waals surface area contributed by atoms with E-state index < -0.39 is 0 Å². The van der Waals surface area contributed by atoms with Crippen LogP contribution in [0.4, 0.5) is 0 Å². The number of carbonyl (C=O) groups excluding carboxylic acids is 1. The van der Waals surface area contributed by atoms with E-state index in [1.165, 1.54) is 0 Å². The van der Waals surface area contributed by atoms with Gasteiger partial charge in [-0.1, -0.05) is 6.07 Å². The molecule has 1 amide bonds. The van der Waals surface area contributed by atoms with Crippen molar-refractivity contribution in [2.45, 2.75) is 19.5 Å². The highest BCUT2D eigenvalue weighted by molar-refractivity contribution is 5.79. The number of hydrogen-bond acceptors (Lipinski definition) is 4. The van der Waals surface area contributed by atoms with Crippen molar-refractivity contribution in [3.63, 3.8) is 0 Å². The zero-order valence-electron chi connectivity index (χ0n) is 12.7. The van der Waals surface area contributed by atoms with Gasteiger partial charge in [0.15, 0.2) is 11.5 Å². The zero-order valence-corrected chi connectivity index (χ0v) is 12.7. The second kappa shape index (κ2) is 6.09. The van der Waals surface area contributed by atoms with E-state index in [1.807, 2.05) is 31.2 Å². The van der Waals surface area contributed by atoms with Crippen LogP contribution in [0.1, 0.15) is 18.5 Å². The molecule has 0 radical (unpaired) electrons. The Morgan fingerprint density at radius 2 is 2.14 bits per heavy atom. The Morgan fingerprint density at radius 1 is 1.36 bits per heavy atom. The molecule has 0 saturated heterocycles. The fourth-order valence-corrected chi connectivity index (χ4v) is 2.48. The summed E-state index contributed by atoms with van der Waals surface area (Å²) in [6.07, 6.45) is 3.46. The van der Waals surface area contributed by atoms with Gasteiger partial charge < -0.3 is 14.4 Å². The normalized spacial score (nSPS) is 14.5. The average molecular weight is 301 g/mol. The third-order valence-corrected chi connectivity index (χ3v) is 3.68. The molecule has 116 valence electrons. The van der Waals surface area contributed by atoms with Gasteiger partial charge in [0.1, 0.15) is 19.3 Å². The summed E-state index contributed by atoms with van der Waals surface area (Å²) >= 11 is 0. The van der Waals surface area contributed by atoms with Gasteiger partial charge in [-0.3, -0.25) is 9.48 Å². The molecule has 22 heavy (non-hydrogen) atoms. The van der Waals surface area contributed by atoms with Crippen LogP contribution in [-0.2, 0) is 11.3 Å². The van der Waals surface area contributed by atoms with E-state index in [0.717, 1.165) is 17.1 Å². The number of nitrogens with zero attached hydrogens (tertiary/aromatic N) is 3. The molecular formula is C16H19N3O3. The van der Waals surface area contributed by atoms with Gasteiger partial charge in [-0.2, -0.15) is 5.10 Å². The highest BCUT2D eigenvalue weighted by Gasteiger charge is 2.20. The molecule has 0 spiro atoms. The monoisotopic (exact) mass is 301 g/mol. The minimum atomic E-state index is -0.322. The molecule has 1 aromatic heterocycles. The molecule has 0 saturated carbocycles. The highest BCUT2D eigenvalue weighted by Crippen LogP contribution is 2.31. The van der Waals surface area contributed by atoms with Crippen LogP contribution in [0.25, 0.3) is 0 Å². The molecule has 0 N–H and O–H groups in total. The van der Waals surface area contributed by atoms with Gasteiger partial charge in [0.05, 0.1) is 0 Å². The van der Waals surface area contributed by atoms with E-state index in [-0.39, 0.29) is 11.9 Å². The Balaban J connectivity index is 1.68. The second-order valence-electron chi connectivity index (χ2n) is 5.33. The maximum Gasteiger partial charge on any atom is 0.247 e. The van der Waals surface area contributed by atoms with Crippen molar-refractivity contribution in [3.8, 4) is 11.5 Å². The van der Waals surface area contributed by atoms with E-state index in [2.05, 4.69) is 5.10 Å². The number of amides is 1. The summed E-state index contributed by atoms with van der Waals surface area (Å²) in [5.41, 5.74) is 1.01. The molecule has 1 aliphatic rings. The lowest BCUT2D eigenvalue weighted by Crippen LogP contribution is -2.33. The molecule has 1 aromatic carbocycles. The number of benzene rings is 1. The molecule has 0 fully saturated rings. The maximum absolute atomic E-state index is 12.4. The van der Waals surface area contributed by atoms with Gasteiger partial charge in [-0.25, -0.2) is 0 Å². The fraction of sp³-hybridized carbons (Fsp3) is 0.375. The van der Waals surface area contributed by atoms with Crippen LogP contribution in [0, 0.1) is 0 Å². The zero-order chi connectivity index (χ0) is 15.5. The van der Waals surface area contributed by atoms with E-state index in [4.69, 9.17) is 9.47 Å². The SMILES string of the molecule is C[C@H](C(=O)N(C)Cc1ccc2c(c1)OCCO2)n1cccn1. The summed E-state index contributed by atoms with van der Waals surface area (Å²) in [5.74, 6) is 1.51. The van der Waals surface area contributed by atoms with Crippen molar-refractivity contribution in [2.24, 2.45) is 0 Å². The molecule has 3 rings (SSSR count). The molecule has 1 atom stereocenters. The van der Waals surface area contributed by atoms with Crippen LogP contribution < -0.4 is 9.47 Å². The van der Waals surface area contributed by atoms with Crippen LogP contribution in [0.15, 0.2) is 36.7 Å². The van der Waals surface area contributed by atoms with Crippen LogP contribution in [0.2, 0.25) is 0 Å². The van der Waals surface area contributed by atoms with Crippen molar-refractivity contribution in [1.29, 1.82) is 0 Å². The Labute approximate surface area is 129 Å². The minimum absolute atomic E-state index is 0.0126. The third kappa shape index (κ3) is 2.90. The Bertz CT molecular complexity index is 655. The number of rotatable bonds is 4. The quantitative estimate of drug-likeness (QED) is 0.865. The van der Waals surface area contributed by atoms with Crippen LogP contribution >= 0.6 is 0 Å².